The molecule has 0 amide bonds. The third kappa shape index (κ3) is 4.70. The Balaban J connectivity index is 1.57. The Morgan fingerprint density at radius 3 is 2.09 bits per heavy atom. The molecule has 3 heterocycles. The van der Waals surface area contributed by atoms with Gasteiger partial charge in [0.1, 0.15) is 5.75 Å². The average Bonchev–Trinajstić information content (AvgIpc) is 2.91. The summed E-state index contributed by atoms with van der Waals surface area (Å²) in [7, 11) is 1.74. The molecule has 0 spiro atoms. The molecule has 3 fully saturated rings. The van der Waals surface area contributed by atoms with Gasteiger partial charge in [0, 0.05) is 23.4 Å². The van der Waals surface area contributed by atoms with Crippen LogP contribution >= 0.6 is 0 Å². The fourth-order valence-electron chi connectivity index (χ4n) is 6.12. The van der Waals surface area contributed by atoms with Crippen molar-refractivity contribution in [2.75, 3.05) is 32.1 Å². The number of anilines is 1. The van der Waals surface area contributed by atoms with Gasteiger partial charge in [-0.2, -0.15) is 0 Å². The van der Waals surface area contributed by atoms with Crippen LogP contribution < -0.4 is 10.1 Å². The van der Waals surface area contributed by atoms with E-state index in [1.807, 2.05) is 6.07 Å². The molecule has 3 aromatic rings. The van der Waals surface area contributed by atoms with E-state index >= 15 is 0 Å². The van der Waals surface area contributed by atoms with Gasteiger partial charge < -0.3 is 15.2 Å². The van der Waals surface area contributed by atoms with Crippen LogP contribution in [0, 0.1) is 5.92 Å². The third-order valence-electron chi connectivity index (χ3n) is 8.23. The van der Waals surface area contributed by atoms with Gasteiger partial charge in [-0.15, -0.1) is 0 Å². The van der Waals surface area contributed by atoms with Crippen molar-refractivity contribution in [1.29, 1.82) is 0 Å². The summed E-state index contributed by atoms with van der Waals surface area (Å²) in [4.78, 5) is 2.70. The summed E-state index contributed by atoms with van der Waals surface area (Å²) in [5, 5.41) is 14.0. The van der Waals surface area contributed by atoms with Gasteiger partial charge in [0.2, 0.25) is 0 Å². The molecule has 0 radical (unpaired) electrons. The maximum absolute atomic E-state index is 9.98. The van der Waals surface area contributed by atoms with E-state index in [2.05, 4.69) is 96.9 Å². The van der Waals surface area contributed by atoms with Crippen LogP contribution in [0.4, 0.5) is 5.69 Å². The number of aliphatic hydroxyl groups excluding tert-OH is 1. The second-order valence-electron chi connectivity index (χ2n) is 10.8. The summed E-state index contributed by atoms with van der Waals surface area (Å²) < 4.78 is 5.79. The van der Waals surface area contributed by atoms with E-state index in [-0.39, 0.29) is 17.9 Å². The molecule has 184 valence electrons. The van der Waals surface area contributed by atoms with Crippen LogP contribution in [-0.2, 0) is 5.41 Å². The van der Waals surface area contributed by atoms with Gasteiger partial charge in [-0.3, -0.25) is 4.90 Å². The van der Waals surface area contributed by atoms with Gasteiger partial charge in [0.25, 0.3) is 0 Å². The number of nitrogens with one attached hydrogen (secondary N) is 1. The van der Waals surface area contributed by atoms with Gasteiger partial charge in [-0.1, -0.05) is 80.6 Å². The molecule has 3 saturated heterocycles. The second kappa shape index (κ2) is 10.0. The minimum atomic E-state index is -0.312. The number of fused-ring (bicyclic) bond motifs is 3. The summed E-state index contributed by atoms with van der Waals surface area (Å²) in [6.07, 6.45) is 2.43. The van der Waals surface area contributed by atoms with Crippen LogP contribution in [0.25, 0.3) is 0 Å². The first-order valence-corrected chi connectivity index (χ1v) is 12.9. The molecule has 0 aromatic heterocycles. The highest BCUT2D eigenvalue weighted by Crippen LogP contribution is 2.44. The van der Waals surface area contributed by atoms with Crippen molar-refractivity contribution in [2.45, 2.75) is 50.1 Å². The first-order valence-electron chi connectivity index (χ1n) is 12.9. The van der Waals surface area contributed by atoms with Crippen molar-refractivity contribution in [1.82, 2.24) is 4.90 Å². The summed E-state index contributed by atoms with van der Waals surface area (Å²) >= 11 is 0. The summed E-state index contributed by atoms with van der Waals surface area (Å²) in [5.74, 6) is 1.74. The predicted molar refractivity (Wildman–Crippen MR) is 143 cm³/mol. The Morgan fingerprint density at radius 2 is 1.54 bits per heavy atom. The molecule has 6 rings (SSSR count). The Kier molecular flexibility index (Phi) is 6.86. The van der Waals surface area contributed by atoms with Gasteiger partial charge in [-0.05, 0) is 60.7 Å². The number of piperidine rings is 3. The molecule has 0 saturated carbocycles. The molecular formula is C31H38N2O2. The van der Waals surface area contributed by atoms with Crippen LogP contribution in [0.3, 0.4) is 0 Å². The van der Waals surface area contributed by atoms with Gasteiger partial charge in [-0.25, -0.2) is 0 Å². The van der Waals surface area contributed by atoms with Crippen molar-refractivity contribution < 1.29 is 9.84 Å². The number of ether oxygens (including phenoxy) is 1. The van der Waals surface area contributed by atoms with Gasteiger partial charge in [0.05, 0.1) is 19.4 Å². The lowest BCUT2D eigenvalue weighted by molar-refractivity contribution is 0.0279. The predicted octanol–water partition coefficient (Wildman–Crippen LogP) is 5.67. The lowest BCUT2D eigenvalue weighted by Gasteiger charge is -2.54. The molecule has 35 heavy (non-hydrogen) atoms. The van der Waals surface area contributed by atoms with Crippen LogP contribution in [0.5, 0.6) is 5.75 Å². The molecule has 2 atom stereocenters. The normalized spacial score (nSPS) is 23.9. The highest BCUT2D eigenvalue weighted by molar-refractivity contribution is 5.60. The standard InChI is InChI=1S/C31H38N2O2/c1-31(2,21-34)25-14-15-27(35-3)26(20-25)32-29-24-16-18-33(19-17-24)30(29)28(22-10-6-4-7-11-22)23-12-8-5-9-13-23/h4-15,20,24,28-30,32,34H,16-19,21H2,1-3H3. The van der Waals surface area contributed by atoms with E-state index in [9.17, 15) is 5.11 Å². The number of rotatable bonds is 8. The number of hydrogen-bond acceptors (Lipinski definition) is 4. The zero-order valence-electron chi connectivity index (χ0n) is 21.2. The second-order valence-corrected chi connectivity index (χ2v) is 10.8. The number of aliphatic hydroxyl groups is 1. The third-order valence-corrected chi connectivity index (χ3v) is 8.23. The molecule has 4 nitrogen and oxygen atoms in total. The first kappa shape index (κ1) is 23.9. The Morgan fingerprint density at radius 1 is 0.943 bits per heavy atom. The molecule has 3 aliphatic heterocycles. The maximum Gasteiger partial charge on any atom is 0.141 e. The smallest absolute Gasteiger partial charge is 0.141 e. The molecule has 0 aliphatic carbocycles. The Hall–Kier alpha value is -2.82. The van der Waals surface area contributed by atoms with Crippen molar-refractivity contribution in [3.05, 3.63) is 95.6 Å². The van der Waals surface area contributed by atoms with E-state index in [0.717, 1.165) is 30.1 Å². The highest BCUT2D eigenvalue weighted by Gasteiger charge is 2.46. The quantitative estimate of drug-likeness (QED) is 0.445. The van der Waals surface area contributed by atoms with Crippen LogP contribution in [0.1, 0.15) is 49.3 Å². The van der Waals surface area contributed by atoms with E-state index < -0.39 is 0 Å². The topological polar surface area (TPSA) is 44.7 Å². The lowest BCUT2D eigenvalue weighted by Crippen LogP contribution is -2.62. The van der Waals surface area contributed by atoms with E-state index in [0.29, 0.717) is 18.0 Å². The van der Waals surface area contributed by atoms with Crippen LogP contribution in [0.15, 0.2) is 78.9 Å². The van der Waals surface area contributed by atoms with Crippen LogP contribution in [-0.4, -0.2) is 48.9 Å². The number of methoxy groups -OCH3 is 1. The van der Waals surface area contributed by atoms with Gasteiger partial charge in [0.15, 0.2) is 0 Å². The Labute approximate surface area is 209 Å². The molecular weight excluding hydrogens is 432 g/mol. The first-order chi connectivity index (χ1) is 17.0. The fraction of sp³-hybridized carbons (Fsp3) is 0.419. The van der Waals surface area contributed by atoms with E-state index in [1.54, 1.807) is 7.11 Å². The largest absolute Gasteiger partial charge is 0.495 e. The Bertz CT molecular complexity index is 1070. The fourth-order valence-corrected chi connectivity index (χ4v) is 6.12. The van der Waals surface area contributed by atoms with Crippen LogP contribution in [0.2, 0.25) is 0 Å². The molecule has 4 heteroatoms. The molecule has 2 N–H and O–H groups in total. The molecule has 2 unspecified atom stereocenters. The van der Waals surface area contributed by atoms with Crippen molar-refractivity contribution in [3.8, 4) is 5.75 Å². The lowest BCUT2D eigenvalue weighted by atomic mass is 9.70. The SMILES string of the molecule is COc1ccc(C(C)(C)CO)cc1NC1C2CCN(CC2)C1C(c1ccccc1)c1ccccc1. The molecule has 2 bridgehead atoms. The van der Waals surface area contributed by atoms with Gasteiger partial charge >= 0.3 is 0 Å². The minimum Gasteiger partial charge on any atom is -0.495 e. The minimum absolute atomic E-state index is 0.102. The zero-order valence-corrected chi connectivity index (χ0v) is 21.2. The molecule has 3 aromatic carbocycles. The zero-order chi connectivity index (χ0) is 24.4. The number of benzene rings is 3. The summed E-state index contributed by atoms with van der Waals surface area (Å²) in [5.41, 5.74) is 4.56. The van der Waals surface area contributed by atoms with E-state index in [4.69, 9.17) is 4.74 Å². The maximum atomic E-state index is 9.98. The van der Waals surface area contributed by atoms with Crippen molar-refractivity contribution >= 4 is 5.69 Å². The van der Waals surface area contributed by atoms with Crippen molar-refractivity contribution in [3.63, 3.8) is 0 Å². The number of nitrogens with zero attached hydrogens (tertiary/aromatic N) is 1. The monoisotopic (exact) mass is 470 g/mol. The average molecular weight is 471 g/mol. The van der Waals surface area contributed by atoms with Crippen molar-refractivity contribution in [2.24, 2.45) is 5.92 Å². The summed E-state index contributed by atoms with van der Waals surface area (Å²) in [6.45, 7) is 6.56. The van der Waals surface area contributed by atoms with E-state index in [1.165, 1.54) is 24.0 Å². The summed E-state index contributed by atoms with van der Waals surface area (Å²) in [6, 6.07) is 28.9. The molecule has 3 aliphatic rings. The number of hydrogen-bond donors (Lipinski definition) is 2. The highest BCUT2D eigenvalue weighted by atomic mass is 16.5.